The van der Waals surface area contributed by atoms with Crippen molar-refractivity contribution in [1.82, 2.24) is 19.9 Å². The van der Waals surface area contributed by atoms with Crippen LogP contribution in [0.2, 0.25) is 0 Å². The molecule has 1 aromatic carbocycles. The Morgan fingerprint density at radius 3 is 2.86 bits per heavy atom. The number of carbonyl (C=O) groups is 1. The van der Waals surface area contributed by atoms with Gasteiger partial charge in [0.2, 0.25) is 0 Å². The summed E-state index contributed by atoms with van der Waals surface area (Å²) in [6.45, 7) is 2.45. The molecular formula is C16H17ClN4O. The molecule has 2 heterocycles. The van der Waals surface area contributed by atoms with Gasteiger partial charge in [-0.05, 0) is 36.8 Å². The van der Waals surface area contributed by atoms with Crippen molar-refractivity contribution in [3.8, 4) is 0 Å². The lowest BCUT2D eigenvalue weighted by atomic mass is 10.2. The van der Waals surface area contributed by atoms with E-state index in [2.05, 4.69) is 15.3 Å². The number of carbonyl (C=O) groups excluding carboxylic acids is 1. The van der Waals surface area contributed by atoms with Crippen molar-refractivity contribution in [3.63, 3.8) is 0 Å². The molecule has 6 heteroatoms. The number of amides is 1. The normalized spacial score (nSPS) is 10.3. The number of nitrogens with zero attached hydrogens (tertiary/aromatic N) is 3. The van der Waals surface area contributed by atoms with Crippen LogP contribution in [-0.2, 0) is 13.6 Å². The monoisotopic (exact) mass is 316 g/mol. The molecule has 0 fully saturated rings. The van der Waals surface area contributed by atoms with E-state index in [1.165, 1.54) is 0 Å². The summed E-state index contributed by atoms with van der Waals surface area (Å²) in [4.78, 5) is 20.4. The number of pyridine rings is 1. The summed E-state index contributed by atoms with van der Waals surface area (Å²) in [6.07, 6.45) is 3.20. The molecule has 2 aromatic heterocycles. The van der Waals surface area contributed by atoms with Crippen LogP contribution in [0.25, 0.3) is 11.0 Å². The van der Waals surface area contributed by atoms with E-state index in [-0.39, 0.29) is 18.3 Å². The molecule has 3 rings (SSSR count). The summed E-state index contributed by atoms with van der Waals surface area (Å²) in [6, 6.07) is 9.53. The Hall–Kier alpha value is -2.40. The van der Waals surface area contributed by atoms with Gasteiger partial charge in [-0.3, -0.25) is 9.78 Å². The first-order valence-electron chi connectivity index (χ1n) is 6.75. The second kappa shape index (κ2) is 6.58. The number of hydrogen-bond acceptors (Lipinski definition) is 3. The van der Waals surface area contributed by atoms with Crippen LogP contribution in [0.1, 0.15) is 21.7 Å². The number of halogens is 1. The van der Waals surface area contributed by atoms with Crippen molar-refractivity contribution in [2.75, 3.05) is 0 Å². The number of imidazole rings is 1. The Morgan fingerprint density at radius 2 is 2.14 bits per heavy atom. The third-order valence-electron chi connectivity index (χ3n) is 3.55. The molecule has 114 valence electrons. The molecule has 5 nitrogen and oxygen atoms in total. The van der Waals surface area contributed by atoms with Crippen molar-refractivity contribution >= 4 is 29.3 Å². The number of rotatable bonds is 3. The molecular weight excluding hydrogens is 300 g/mol. The predicted octanol–water partition coefficient (Wildman–Crippen LogP) is 2.63. The van der Waals surface area contributed by atoms with Gasteiger partial charge in [-0.2, -0.15) is 0 Å². The van der Waals surface area contributed by atoms with Crippen LogP contribution in [0.4, 0.5) is 0 Å². The van der Waals surface area contributed by atoms with Gasteiger partial charge in [-0.15, -0.1) is 12.4 Å². The highest BCUT2D eigenvalue weighted by Crippen LogP contribution is 2.16. The van der Waals surface area contributed by atoms with Gasteiger partial charge in [0.15, 0.2) is 0 Å². The van der Waals surface area contributed by atoms with Crippen LogP contribution >= 0.6 is 12.4 Å². The quantitative estimate of drug-likeness (QED) is 0.808. The molecule has 1 N–H and O–H groups in total. The standard InChI is InChI=1S/C16H16N4O.ClH/c1-11-19-14-8-12(5-6-15(14)20(11)2)9-18-16(21)13-4-3-7-17-10-13;/h3-8,10H,9H2,1-2H3,(H,18,21);1H. The zero-order valence-corrected chi connectivity index (χ0v) is 13.2. The molecule has 0 saturated heterocycles. The molecule has 22 heavy (non-hydrogen) atoms. The molecule has 0 aliphatic heterocycles. The minimum Gasteiger partial charge on any atom is -0.348 e. The number of nitrogens with one attached hydrogen (secondary N) is 1. The zero-order valence-electron chi connectivity index (χ0n) is 12.4. The number of fused-ring (bicyclic) bond motifs is 1. The Morgan fingerprint density at radius 1 is 1.32 bits per heavy atom. The third kappa shape index (κ3) is 3.09. The fourth-order valence-corrected chi connectivity index (χ4v) is 2.26. The third-order valence-corrected chi connectivity index (χ3v) is 3.55. The Labute approximate surface area is 134 Å². The van der Waals surface area contributed by atoms with Gasteiger partial charge in [0.05, 0.1) is 16.6 Å². The topological polar surface area (TPSA) is 59.8 Å². The van der Waals surface area contributed by atoms with Gasteiger partial charge >= 0.3 is 0 Å². The maximum absolute atomic E-state index is 12.0. The van der Waals surface area contributed by atoms with Gasteiger partial charge in [-0.25, -0.2) is 4.98 Å². The molecule has 3 aromatic rings. The first kappa shape index (κ1) is 16.0. The number of aryl methyl sites for hydroxylation is 2. The van der Waals surface area contributed by atoms with Crippen molar-refractivity contribution in [1.29, 1.82) is 0 Å². The molecule has 0 unspecified atom stereocenters. The highest BCUT2D eigenvalue weighted by atomic mass is 35.5. The number of benzene rings is 1. The van der Waals surface area contributed by atoms with Crippen molar-refractivity contribution in [2.45, 2.75) is 13.5 Å². The van der Waals surface area contributed by atoms with E-state index in [1.54, 1.807) is 24.5 Å². The molecule has 0 aliphatic rings. The molecule has 0 atom stereocenters. The average Bonchev–Trinajstić information content (AvgIpc) is 2.80. The molecule has 0 aliphatic carbocycles. The summed E-state index contributed by atoms with van der Waals surface area (Å²) in [5.74, 6) is 0.849. The van der Waals surface area contributed by atoms with Crippen LogP contribution in [0, 0.1) is 6.92 Å². The van der Waals surface area contributed by atoms with E-state index < -0.39 is 0 Å². The first-order valence-corrected chi connectivity index (χ1v) is 6.75. The van der Waals surface area contributed by atoms with Gasteiger partial charge < -0.3 is 9.88 Å². The Balaban J connectivity index is 0.00000176. The van der Waals surface area contributed by atoms with Crippen LogP contribution in [-0.4, -0.2) is 20.4 Å². The number of hydrogen-bond donors (Lipinski definition) is 1. The second-order valence-electron chi connectivity index (χ2n) is 4.97. The maximum Gasteiger partial charge on any atom is 0.253 e. The summed E-state index contributed by atoms with van der Waals surface area (Å²) in [5.41, 5.74) is 3.63. The fraction of sp³-hybridized carbons (Fsp3) is 0.188. The van der Waals surface area contributed by atoms with E-state index in [1.807, 2.05) is 36.7 Å². The predicted molar refractivity (Wildman–Crippen MR) is 88.1 cm³/mol. The van der Waals surface area contributed by atoms with Crippen LogP contribution in [0.15, 0.2) is 42.7 Å². The Kier molecular flexibility index (Phi) is 4.78. The SMILES string of the molecule is Cc1nc2cc(CNC(=O)c3cccnc3)ccc2n1C.Cl. The summed E-state index contributed by atoms with van der Waals surface area (Å²) in [7, 11) is 1.99. The molecule has 0 bridgehead atoms. The van der Waals surface area contributed by atoms with Crippen LogP contribution in [0.3, 0.4) is 0 Å². The van der Waals surface area contributed by atoms with E-state index >= 15 is 0 Å². The minimum atomic E-state index is -0.125. The molecule has 0 saturated carbocycles. The van der Waals surface area contributed by atoms with E-state index in [4.69, 9.17) is 0 Å². The van der Waals surface area contributed by atoms with Crippen LogP contribution < -0.4 is 5.32 Å². The van der Waals surface area contributed by atoms with Gasteiger partial charge in [0.1, 0.15) is 5.82 Å². The fourth-order valence-electron chi connectivity index (χ4n) is 2.26. The van der Waals surface area contributed by atoms with Crippen LogP contribution in [0.5, 0.6) is 0 Å². The van der Waals surface area contributed by atoms with Crippen molar-refractivity contribution in [2.24, 2.45) is 7.05 Å². The van der Waals surface area contributed by atoms with E-state index in [9.17, 15) is 4.79 Å². The molecule has 0 radical (unpaired) electrons. The summed E-state index contributed by atoms with van der Waals surface area (Å²) >= 11 is 0. The maximum atomic E-state index is 12.0. The first-order chi connectivity index (χ1) is 10.1. The van der Waals surface area contributed by atoms with E-state index in [0.29, 0.717) is 12.1 Å². The largest absolute Gasteiger partial charge is 0.348 e. The van der Waals surface area contributed by atoms with E-state index in [0.717, 1.165) is 22.4 Å². The van der Waals surface area contributed by atoms with Crippen molar-refractivity contribution < 1.29 is 4.79 Å². The van der Waals surface area contributed by atoms with Gasteiger partial charge in [0.25, 0.3) is 5.91 Å². The highest BCUT2D eigenvalue weighted by molar-refractivity contribution is 5.93. The number of aromatic nitrogens is 3. The summed E-state index contributed by atoms with van der Waals surface area (Å²) in [5, 5.41) is 2.89. The molecule has 0 spiro atoms. The Bertz CT molecular complexity index is 799. The van der Waals surface area contributed by atoms with Gasteiger partial charge in [0, 0.05) is 26.0 Å². The second-order valence-corrected chi connectivity index (χ2v) is 4.97. The summed E-state index contributed by atoms with van der Waals surface area (Å²) < 4.78 is 2.05. The zero-order chi connectivity index (χ0) is 14.8. The average molecular weight is 317 g/mol. The smallest absolute Gasteiger partial charge is 0.253 e. The lowest BCUT2D eigenvalue weighted by Gasteiger charge is -2.05. The highest BCUT2D eigenvalue weighted by Gasteiger charge is 2.07. The van der Waals surface area contributed by atoms with Crippen molar-refractivity contribution in [3.05, 3.63) is 59.7 Å². The van der Waals surface area contributed by atoms with Gasteiger partial charge in [-0.1, -0.05) is 6.07 Å². The molecule has 1 amide bonds. The lowest BCUT2D eigenvalue weighted by molar-refractivity contribution is 0.0950. The minimum absolute atomic E-state index is 0. The lowest BCUT2D eigenvalue weighted by Crippen LogP contribution is -2.22.